The SMILES string of the molecule is COCCOCC(=O)N1CCN(c2ccc(OC)cc2)C(=O)[C@H]1C. The molecule has 0 saturated carbocycles. The summed E-state index contributed by atoms with van der Waals surface area (Å²) in [5.41, 5.74) is 0.802. The molecule has 0 spiro atoms. The predicted octanol–water partition coefficient (Wildman–Crippen LogP) is 0.922. The van der Waals surface area contributed by atoms with Crippen LogP contribution in [0.5, 0.6) is 5.75 Å². The first-order chi connectivity index (χ1) is 11.6. The van der Waals surface area contributed by atoms with Crippen LogP contribution in [0.2, 0.25) is 0 Å². The van der Waals surface area contributed by atoms with Crippen molar-refractivity contribution in [2.75, 3.05) is 52.0 Å². The first-order valence-corrected chi connectivity index (χ1v) is 7.90. The van der Waals surface area contributed by atoms with Crippen LogP contribution >= 0.6 is 0 Å². The standard InChI is InChI=1S/C17H24N2O5/c1-13-17(21)19(14-4-6-15(23-3)7-5-14)9-8-18(13)16(20)12-24-11-10-22-2/h4-7,13H,8-12H2,1-3H3/t13-/m1/s1. The zero-order chi connectivity index (χ0) is 17.5. The molecule has 1 heterocycles. The van der Waals surface area contributed by atoms with Crippen LogP contribution in [0.3, 0.4) is 0 Å². The molecule has 7 nitrogen and oxygen atoms in total. The number of ether oxygens (including phenoxy) is 3. The third-order valence-corrected chi connectivity index (χ3v) is 4.02. The van der Waals surface area contributed by atoms with Crippen molar-refractivity contribution in [3.8, 4) is 5.75 Å². The number of anilines is 1. The van der Waals surface area contributed by atoms with Crippen LogP contribution in [-0.2, 0) is 19.1 Å². The van der Waals surface area contributed by atoms with Crippen LogP contribution in [0.4, 0.5) is 5.69 Å². The molecule has 24 heavy (non-hydrogen) atoms. The number of rotatable bonds is 7. The minimum Gasteiger partial charge on any atom is -0.497 e. The van der Waals surface area contributed by atoms with Gasteiger partial charge in [0.25, 0.3) is 0 Å². The maximum absolute atomic E-state index is 12.6. The Kier molecular flexibility index (Phi) is 6.57. The molecule has 1 aromatic carbocycles. The summed E-state index contributed by atoms with van der Waals surface area (Å²) in [6.45, 7) is 3.43. The molecule has 0 aliphatic carbocycles. The highest BCUT2D eigenvalue weighted by molar-refractivity contribution is 6.00. The average molecular weight is 336 g/mol. The number of carbonyl (C=O) groups excluding carboxylic acids is 2. The van der Waals surface area contributed by atoms with Gasteiger partial charge in [0, 0.05) is 25.9 Å². The van der Waals surface area contributed by atoms with Gasteiger partial charge in [0.05, 0.1) is 20.3 Å². The van der Waals surface area contributed by atoms with E-state index >= 15 is 0 Å². The molecule has 0 N–H and O–H groups in total. The van der Waals surface area contributed by atoms with Gasteiger partial charge in [0.1, 0.15) is 18.4 Å². The first-order valence-electron chi connectivity index (χ1n) is 7.90. The molecule has 1 aliphatic heterocycles. The maximum atomic E-state index is 12.6. The fourth-order valence-corrected chi connectivity index (χ4v) is 2.61. The number of carbonyl (C=O) groups is 2. The van der Waals surface area contributed by atoms with E-state index in [1.165, 1.54) is 0 Å². The van der Waals surface area contributed by atoms with E-state index in [9.17, 15) is 9.59 Å². The smallest absolute Gasteiger partial charge is 0.249 e. The molecule has 1 fully saturated rings. The van der Waals surface area contributed by atoms with Gasteiger partial charge < -0.3 is 24.0 Å². The van der Waals surface area contributed by atoms with Gasteiger partial charge in [0.15, 0.2) is 0 Å². The second-order valence-electron chi connectivity index (χ2n) is 5.50. The Morgan fingerprint density at radius 1 is 1.17 bits per heavy atom. The van der Waals surface area contributed by atoms with Crippen molar-refractivity contribution in [1.29, 1.82) is 0 Å². The Bertz CT molecular complexity index is 561. The number of piperazine rings is 1. The van der Waals surface area contributed by atoms with E-state index in [2.05, 4.69) is 0 Å². The van der Waals surface area contributed by atoms with E-state index in [-0.39, 0.29) is 18.4 Å². The summed E-state index contributed by atoms with van der Waals surface area (Å²) < 4.78 is 15.3. The van der Waals surface area contributed by atoms with E-state index in [4.69, 9.17) is 14.2 Å². The van der Waals surface area contributed by atoms with Crippen molar-refractivity contribution < 1.29 is 23.8 Å². The Balaban J connectivity index is 1.95. The van der Waals surface area contributed by atoms with E-state index < -0.39 is 6.04 Å². The van der Waals surface area contributed by atoms with Gasteiger partial charge in [0.2, 0.25) is 11.8 Å². The molecule has 1 aliphatic rings. The van der Waals surface area contributed by atoms with E-state index in [1.807, 2.05) is 24.3 Å². The van der Waals surface area contributed by atoms with Crippen molar-refractivity contribution in [3.63, 3.8) is 0 Å². The summed E-state index contributed by atoms with van der Waals surface area (Å²) in [6, 6.07) is 6.80. The van der Waals surface area contributed by atoms with Gasteiger partial charge in [-0.2, -0.15) is 0 Å². The van der Waals surface area contributed by atoms with Crippen molar-refractivity contribution in [2.45, 2.75) is 13.0 Å². The van der Waals surface area contributed by atoms with Gasteiger partial charge in [-0.15, -0.1) is 0 Å². The van der Waals surface area contributed by atoms with Crippen LogP contribution in [0, 0.1) is 0 Å². The van der Waals surface area contributed by atoms with Gasteiger partial charge in [-0.3, -0.25) is 9.59 Å². The molecular formula is C17H24N2O5. The van der Waals surface area contributed by atoms with Gasteiger partial charge >= 0.3 is 0 Å². The third-order valence-electron chi connectivity index (χ3n) is 4.02. The summed E-state index contributed by atoms with van der Waals surface area (Å²) >= 11 is 0. The fourth-order valence-electron chi connectivity index (χ4n) is 2.61. The lowest BCUT2D eigenvalue weighted by Gasteiger charge is -2.39. The van der Waals surface area contributed by atoms with Crippen molar-refractivity contribution in [1.82, 2.24) is 4.90 Å². The third kappa shape index (κ3) is 4.24. The number of hydrogen-bond donors (Lipinski definition) is 0. The molecule has 2 rings (SSSR count). The van der Waals surface area contributed by atoms with Crippen molar-refractivity contribution in [2.24, 2.45) is 0 Å². The Labute approximate surface area is 142 Å². The molecule has 0 bridgehead atoms. The summed E-state index contributed by atoms with van der Waals surface area (Å²) in [7, 11) is 3.17. The zero-order valence-electron chi connectivity index (χ0n) is 14.4. The Hall–Kier alpha value is -2.12. The normalized spacial score (nSPS) is 18.0. The highest BCUT2D eigenvalue weighted by Crippen LogP contribution is 2.23. The highest BCUT2D eigenvalue weighted by atomic mass is 16.5. The molecule has 0 unspecified atom stereocenters. The van der Waals surface area contributed by atoms with Crippen LogP contribution in [0.25, 0.3) is 0 Å². The summed E-state index contributed by atoms with van der Waals surface area (Å²) in [5.74, 6) is 0.458. The number of nitrogens with zero attached hydrogens (tertiary/aromatic N) is 2. The number of hydrogen-bond acceptors (Lipinski definition) is 5. The molecule has 0 radical (unpaired) electrons. The van der Waals surface area contributed by atoms with Crippen molar-refractivity contribution >= 4 is 17.5 Å². The molecule has 1 atom stereocenters. The Morgan fingerprint density at radius 3 is 2.50 bits per heavy atom. The van der Waals surface area contributed by atoms with E-state index in [0.717, 1.165) is 11.4 Å². The fraction of sp³-hybridized carbons (Fsp3) is 0.529. The lowest BCUT2D eigenvalue weighted by atomic mass is 10.1. The Morgan fingerprint density at radius 2 is 1.88 bits per heavy atom. The largest absolute Gasteiger partial charge is 0.497 e. The lowest BCUT2D eigenvalue weighted by molar-refractivity contribution is -0.144. The molecular weight excluding hydrogens is 312 g/mol. The zero-order valence-corrected chi connectivity index (χ0v) is 14.4. The molecule has 132 valence electrons. The monoisotopic (exact) mass is 336 g/mol. The topological polar surface area (TPSA) is 68.3 Å². The number of amides is 2. The second kappa shape index (κ2) is 8.65. The second-order valence-corrected chi connectivity index (χ2v) is 5.50. The first kappa shape index (κ1) is 18.2. The number of benzene rings is 1. The molecule has 2 amide bonds. The van der Waals surface area contributed by atoms with Crippen LogP contribution in [0.15, 0.2) is 24.3 Å². The molecule has 0 aromatic heterocycles. The average Bonchev–Trinajstić information content (AvgIpc) is 2.61. The highest BCUT2D eigenvalue weighted by Gasteiger charge is 2.34. The predicted molar refractivity (Wildman–Crippen MR) is 89.2 cm³/mol. The summed E-state index contributed by atoms with van der Waals surface area (Å²) in [6.07, 6.45) is 0. The quantitative estimate of drug-likeness (QED) is 0.693. The van der Waals surface area contributed by atoms with E-state index in [1.54, 1.807) is 30.9 Å². The minimum atomic E-state index is -0.514. The van der Waals surface area contributed by atoms with Gasteiger partial charge in [-0.25, -0.2) is 0 Å². The van der Waals surface area contributed by atoms with Crippen LogP contribution in [0.1, 0.15) is 6.92 Å². The van der Waals surface area contributed by atoms with Gasteiger partial charge in [-0.1, -0.05) is 0 Å². The molecule has 1 saturated heterocycles. The molecule has 7 heteroatoms. The van der Waals surface area contributed by atoms with Crippen LogP contribution in [-0.4, -0.2) is 69.9 Å². The van der Waals surface area contributed by atoms with Crippen LogP contribution < -0.4 is 9.64 Å². The number of methoxy groups -OCH3 is 2. The lowest BCUT2D eigenvalue weighted by Crippen LogP contribution is -2.58. The minimum absolute atomic E-state index is 0.0382. The summed E-state index contributed by atoms with van der Waals surface area (Å²) in [4.78, 5) is 28.1. The van der Waals surface area contributed by atoms with Gasteiger partial charge in [-0.05, 0) is 31.2 Å². The molecule has 1 aromatic rings. The summed E-state index contributed by atoms with van der Waals surface area (Å²) in [5, 5.41) is 0. The maximum Gasteiger partial charge on any atom is 0.249 e. The van der Waals surface area contributed by atoms with Crippen molar-refractivity contribution in [3.05, 3.63) is 24.3 Å². The van der Waals surface area contributed by atoms with E-state index in [0.29, 0.717) is 26.3 Å².